The summed E-state index contributed by atoms with van der Waals surface area (Å²) in [6.07, 6.45) is 0.663. The molecule has 0 bridgehead atoms. The second-order valence-electron chi connectivity index (χ2n) is 6.92. The zero-order chi connectivity index (χ0) is 19.4. The third-order valence-electron chi connectivity index (χ3n) is 5.26. The van der Waals surface area contributed by atoms with Crippen LogP contribution in [0.2, 0.25) is 0 Å². The zero-order valence-corrected chi connectivity index (χ0v) is 17.9. The van der Waals surface area contributed by atoms with E-state index >= 15 is 0 Å². The fraction of sp³-hybridized carbons (Fsp3) is 0.0400. The van der Waals surface area contributed by atoms with E-state index < -0.39 is 7.26 Å². The summed E-state index contributed by atoms with van der Waals surface area (Å²) in [6.45, 7) is 0. The van der Waals surface area contributed by atoms with Gasteiger partial charge < -0.3 is 0 Å². The van der Waals surface area contributed by atoms with E-state index in [1.54, 1.807) is 12.1 Å². The molecule has 0 unspecified atom stereocenters. The quantitative estimate of drug-likeness (QED) is 0.336. The van der Waals surface area contributed by atoms with Crippen LogP contribution in [0.25, 0.3) is 0 Å². The summed E-state index contributed by atoms with van der Waals surface area (Å²) in [5.41, 5.74) is 0.748. The maximum atomic E-state index is 14.8. The first-order valence-electron chi connectivity index (χ1n) is 9.31. The topological polar surface area (TPSA) is 0 Å². The molecule has 0 saturated carbocycles. The second-order valence-corrected chi connectivity index (χ2v) is 11.7. The van der Waals surface area contributed by atoms with Crippen LogP contribution in [0.3, 0.4) is 0 Å². The van der Waals surface area contributed by atoms with Gasteiger partial charge in [0.15, 0.2) is 0 Å². The molecule has 0 aromatic heterocycles. The fourth-order valence-corrected chi connectivity index (χ4v) is 9.09. The van der Waals surface area contributed by atoms with E-state index in [0.717, 1.165) is 10.0 Å². The Morgan fingerprint density at radius 3 is 1.46 bits per heavy atom. The van der Waals surface area contributed by atoms with E-state index in [0.29, 0.717) is 6.16 Å². The van der Waals surface area contributed by atoms with Gasteiger partial charge in [-0.2, -0.15) is 0 Å². The van der Waals surface area contributed by atoms with E-state index in [2.05, 4.69) is 88.7 Å². The second kappa shape index (κ2) is 8.39. The SMILES string of the molecule is Fc1ccc(Br)cc1C[PH](c1ccccc1)(c1ccccc1)c1ccccc1. The monoisotopic (exact) mass is 450 g/mol. The molecule has 0 saturated heterocycles. The molecule has 0 spiro atoms. The van der Waals surface area contributed by atoms with E-state index in [-0.39, 0.29) is 5.82 Å². The van der Waals surface area contributed by atoms with Crippen molar-refractivity contribution in [1.29, 1.82) is 0 Å². The molecule has 0 atom stereocenters. The summed E-state index contributed by atoms with van der Waals surface area (Å²) >= 11 is 3.52. The Bertz CT molecular complexity index is 953. The van der Waals surface area contributed by atoms with Gasteiger partial charge in [0.2, 0.25) is 0 Å². The number of hydrogen-bond acceptors (Lipinski definition) is 0. The maximum absolute atomic E-state index is 14.8. The van der Waals surface area contributed by atoms with Gasteiger partial charge in [-0.15, -0.1) is 0 Å². The normalized spacial score (nSPS) is 11.9. The molecule has 0 radical (unpaired) electrons. The molecule has 0 fully saturated rings. The average Bonchev–Trinajstić information content (AvgIpc) is 2.76. The predicted octanol–water partition coefficient (Wildman–Crippen LogP) is 5.81. The van der Waals surface area contributed by atoms with Crippen LogP contribution in [0.15, 0.2) is 114 Å². The van der Waals surface area contributed by atoms with Crippen LogP contribution < -0.4 is 15.9 Å². The third-order valence-corrected chi connectivity index (χ3v) is 10.6. The molecule has 4 aromatic carbocycles. The van der Waals surface area contributed by atoms with Crippen molar-refractivity contribution < 1.29 is 4.39 Å². The molecule has 0 heterocycles. The van der Waals surface area contributed by atoms with Gasteiger partial charge in [0.1, 0.15) is 0 Å². The van der Waals surface area contributed by atoms with Crippen LogP contribution in [0, 0.1) is 5.82 Å². The summed E-state index contributed by atoms with van der Waals surface area (Å²) in [6, 6.07) is 37.0. The van der Waals surface area contributed by atoms with Gasteiger partial charge in [-0.25, -0.2) is 0 Å². The Kier molecular flexibility index (Phi) is 5.71. The van der Waals surface area contributed by atoms with Crippen molar-refractivity contribution in [3.05, 3.63) is 125 Å². The van der Waals surface area contributed by atoms with Crippen molar-refractivity contribution in [2.45, 2.75) is 6.16 Å². The van der Waals surface area contributed by atoms with E-state index in [1.165, 1.54) is 15.9 Å². The van der Waals surface area contributed by atoms with Gasteiger partial charge in [-0.1, -0.05) is 0 Å². The summed E-state index contributed by atoms with van der Waals surface area (Å²) in [4.78, 5) is 0. The van der Waals surface area contributed by atoms with Gasteiger partial charge in [-0.05, 0) is 0 Å². The summed E-state index contributed by atoms with van der Waals surface area (Å²) in [5.74, 6) is -0.150. The van der Waals surface area contributed by atoms with Crippen LogP contribution in [0.5, 0.6) is 0 Å². The van der Waals surface area contributed by atoms with Crippen molar-refractivity contribution in [2.24, 2.45) is 0 Å². The average molecular weight is 451 g/mol. The van der Waals surface area contributed by atoms with Gasteiger partial charge in [0.25, 0.3) is 0 Å². The predicted molar refractivity (Wildman–Crippen MR) is 124 cm³/mol. The molecule has 0 aliphatic carbocycles. The molecule has 4 rings (SSSR count). The van der Waals surface area contributed by atoms with E-state index in [9.17, 15) is 4.39 Å². The molecule has 140 valence electrons. The molecule has 28 heavy (non-hydrogen) atoms. The van der Waals surface area contributed by atoms with Crippen molar-refractivity contribution in [1.82, 2.24) is 0 Å². The van der Waals surface area contributed by atoms with Crippen molar-refractivity contribution in [3.8, 4) is 0 Å². The third kappa shape index (κ3) is 3.68. The molecule has 0 aliphatic rings. The van der Waals surface area contributed by atoms with E-state index in [4.69, 9.17) is 0 Å². The summed E-state index contributed by atoms with van der Waals surface area (Å²) < 4.78 is 15.8. The number of halogens is 2. The Hall–Kier alpha value is -2.28. The Balaban J connectivity index is 2.02. The zero-order valence-electron chi connectivity index (χ0n) is 15.4. The van der Waals surface area contributed by atoms with E-state index in [1.807, 2.05) is 24.3 Å². The number of hydrogen-bond donors (Lipinski definition) is 0. The standard InChI is InChI=1S/C25H21BrFP/c26-21-16-17-25(27)20(18-21)19-28(22-10-4-1-5-11-22,23-12-6-2-7-13-23)24-14-8-3-9-15-24/h1-18,28H,19H2. The van der Waals surface area contributed by atoms with Crippen LogP contribution >= 0.6 is 23.2 Å². The molecule has 0 aliphatic heterocycles. The van der Waals surface area contributed by atoms with Crippen molar-refractivity contribution in [2.75, 3.05) is 0 Å². The van der Waals surface area contributed by atoms with Gasteiger partial charge in [0, 0.05) is 0 Å². The van der Waals surface area contributed by atoms with Crippen molar-refractivity contribution >= 4 is 39.1 Å². The van der Waals surface area contributed by atoms with Gasteiger partial charge in [-0.3, -0.25) is 0 Å². The first kappa shape index (κ1) is 19.1. The first-order valence-corrected chi connectivity index (χ1v) is 12.3. The summed E-state index contributed by atoms with van der Waals surface area (Å²) in [7, 11) is -2.48. The van der Waals surface area contributed by atoms with Crippen LogP contribution in [-0.2, 0) is 6.16 Å². The molecular weight excluding hydrogens is 430 g/mol. The molecular formula is C25H21BrFP. The Morgan fingerprint density at radius 2 is 1.04 bits per heavy atom. The fourth-order valence-electron chi connectivity index (χ4n) is 3.94. The first-order chi connectivity index (χ1) is 13.7. The van der Waals surface area contributed by atoms with Crippen LogP contribution in [0.1, 0.15) is 5.56 Å². The molecule has 0 amide bonds. The molecule has 4 aromatic rings. The minimum absolute atomic E-state index is 0.150. The molecule has 3 heteroatoms. The number of benzene rings is 4. The summed E-state index contributed by atoms with van der Waals surface area (Å²) in [5, 5.41) is 3.85. The van der Waals surface area contributed by atoms with Gasteiger partial charge in [0.05, 0.1) is 0 Å². The van der Waals surface area contributed by atoms with Crippen LogP contribution in [0.4, 0.5) is 4.39 Å². The van der Waals surface area contributed by atoms with Crippen molar-refractivity contribution in [3.63, 3.8) is 0 Å². The Morgan fingerprint density at radius 1 is 0.607 bits per heavy atom. The van der Waals surface area contributed by atoms with Crippen LogP contribution in [-0.4, -0.2) is 0 Å². The molecule has 0 nitrogen and oxygen atoms in total. The van der Waals surface area contributed by atoms with Gasteiger partial charge >= 0.3 is 175 Å². The number of rotatable bonds is 5. The Labute approximate surface area is 174 Å². The minimum atomic E-state index is -2.48. The molecule has 0 N–H and O–H groups in total.